The van der Waals surface area contributed by atoms with E-state index in [0.717, 1.165) is 68.8 Å². The number of fused-ring (bicyclic) bond motifs is 5. The molecule has 6 heteroatoms. The Kier molecular flexibility index (Phi) is 10.6. The van der Waals surface area contributed by atoms with E-state index in [0.29, 0.717) is 44.6 Å². The summed E-state index contributed by atoms with van der Waals surface area (Å²) in [5.41, 5.74) is 9.95. The van der Waals surface area contributed by atoms with Gasteiger partial charge in [-0.15, -0.1) is 48.1 Å². The van der Waals surface area contributed by atoms with E-state index in [4.69, 9.17) is 19.3 Å². The number of nitrogens with zero attached hydrogens (tertiary/aromatic N) is 4. The summed E-state index contributed by atoms with van der Waals surface area (Å²) in [6.45, 7) is 22.9. The molecule has 11 aromatic rings. The molecule has 2 aliphatic rings. The molecule has 0 spiro atoms. The van der Waals surface area contributed by atoms with Crippen LogP contribution in [0.5, 0.6) is 11.5 Å². The van der Waals surface area contributed by atoms with E-state index < -0.39 is 46.5 Å². The number of benzene rings is 9. The van der Waals surface area contributed by atoms with Gasteiger partial charge in [0.05, 0.1) is 16.4 Å². The van der Waals surface area contributed by atoms with Crippen molar-refractivity contribution in [3.63, 3.8) is 0 Å². The number of anilines is 4. The maximum atomic E-state index is 10.4. The summed E-state index contributed by atoms with van der Waals surface area (Å²) in [5.74, 6) is 0.769. The third-order valence-electron chi connectivity index (χ3n) is 16.2. The predicted octanol–water partition coefficient (Wildman–Crippen LogP) is 20.6. The largest absolute Gasteiger partial charge is 0.509 e. The summed E-state index contributed by atoms with van der Waals surface area (Å²) in [7, 11) is 0. The van der Waals surface area contributed by atoms with E-state index in [1.807, 2.05) is 80.9 Å². The maximum Gasteiger partial charge on any atom is 0.135 e. The molecule has 0 unspecified atom stereocenters. The molecule has 0 amide bonds. The van der Waals surface area contributed by atoms with Crippen molar-refractivity contribution in [3.8, 4) is 61.8 Å². The first kappa shape index (κ1) is 41.9. The first-order chi connectivity index (χ1) is 43.9. The quantitative estimate of drug-likeness (QED) is 0.135. The second kappa shape index (κ2) is 20.8. The summed E-state index contributed by atoms with van der Waals surface area (Å²) < 4.78 is 118. The molecule has 412 valence electrons. The van der Waals surface area contributed by atoms with Gasteiger partial charge in [0.25, 0.3) is 0 Å². The zero-order chi connectivity index (χ0) is 66.4. The maximum absolute atomic E-state index is 10.4. The molecule has 0 saturated carbocycles. The molecule has 9 aromatic carbocycles. The molecular formula is C76H69N4OPt-3. The van der Waals surface area contributed by atoms with Gasteiger partial charge in [0.2, 0.25) is 0 Å². The topological polar surface area (TPSA) is 33.5 Å². The Morgan fingerprint density at radius 1 is 0.549 bits per heavy atom. The predicted molar refractivity (Wildman–Crippen MR) is 339 cm³/mol. The van der Waals surface area contributed by atoms with E-state index in [1.165, 1.54) is 6.20 Å². The van der Waals surface area contributed by atoms with E-state index in [9.17, 15) is 6.85 Å². The second-order valence-corrected chi connectivity index (χ2v) is 24.7. The second-order valence-electron chi connectivity index (χ2n) is 24.7. The summed E-state index contributed by atoms with van der Waals surface area (Å²) in [4.78, 5) is 9.02. The third-order valence-corrected chi connectivity index (χ3v) is 16.2. The van der Waals surface area contributed by atoms with Gasteiger partial charge in [0.1, 0.15) is 5.82 Å². The first-order valence-electron chi connectivity index (χ1n) is 33.7. The van der Waals surface area contributed by atoms with Crippen molar-refractivity contribution in [1.82, 2.24) is 9.55 Å². The van der Waals surface area contributed by atoms with Crippen molar-refractivity contribution in [1.29, 1.82) is 0 Å². The van der Waals surface area contributed by atoms with Gasteiger partial charge in [-0.25, -0.2) is 4.98 Å². The van der Waals surface area contributed by atoms with Gasteiger partial charge in [0, 0.05) is 78.0 Å². The monoisotopic (exact) mass is 1260 g/mol. The molecule has 82 heavy (non-hydrogen) atoms. The van der Waals surface area contributed by atoms with Crippen LogP contribution in [-0.4, -0.2) is 9.55 Å². The summed E-state index contributed by atoms with van der Waals surface area (Å²) in [6.07, 6.45) is 3.11. The average Bonchev–Trinajstić information content (AvgIpc) is 1.14. The molecule has 0 saturated heterocycles. The molecule has 5 nitrogen and oxygen atoms in total. The number of hydrogen-bond acceptors (Lipinski definition) is 4. The Balaban J connectivity index is 0.00000848. The van der Waals surface area contributed by atoms with Crippen molar-refractivity contribution in [2.24, 2.45) is 0 Å². The first-order valence-corrected chi connectivity index (χ1v) is 27.7. The smallest absolute Gasteiger partial charge is 0.135 e. The van der Waals surface area contributed by atoms with Crippen LogP contribution in [-0.2, 0) is 42.7 Å². The van der Waals surface area contributed by atoms with Crippen LogP contribution in [0, 0.1) is 18.8 Å². The normalized spacial score (nSPS) is 16.7. The minimum atomic E-state index is -0.701. The third kappa shape index (κ3) is 9.85. The number of rotatable bonds is 9. The number of aromatic nitrogens is 2. The molecule has 3 heterocycles. The molecule has 13 rings (SSSR count). The number of hydrogen-bond donors (Lipinski definition) is 0. The van der Waals surface area contributed by atoms with Crippen LogP contribution in [0.2, 0.25) is 0 Å². The molecule has 0 N–H and O–H groups in total. The minimum absolute atomic E-state index is 0. The standard InChI is InChI=1S/C76H69N4O.Pt/c1-73(2,3)55-43-61(53-34-32-51(33-35-53)50-22-13-11-14-23-50)72(62(44-55)54-36-39-64-66(42-54)76(9,10)41-40-75(64,7)8)79-49-78(68-30-19-20-31-69(68)79)56-26-21-27-57(45-56)81-58-37-38-60-59-28-17-18-29-67(59)80(70(60)46-58)71-47-65(74(4,5)6)63(48-77-71)52-24-15-12-16-25-52;/h11-39,42-44,47-49H,40-41H2,1-10H3;/q-3;/i12D,15D,16D,17D,18D,24D,25D,28D,29D,36D,39D,42D;. The SMILES string of the molecule is [2H]c1c([2H])c([2H])c(-c2cnc(-n3c4[c-]c(Oc5[c-]c(N6[CH-]N(c7c(-c8ccc(-c9ccccc9)cc8)cc(C(C)(C)C)cc7-c7c([2H])c([2H])c8c(c7[2H])C(C)(C)CCC8(C)C)c7ccccc76)ccc5)ccc4c4c([2H])c([2H])c([2H])c([2H])c43)cc2C(C)(C)C)c([2H])c1[2H].[Pt]. The number of pyridine rings is 1. The van der Waals surface area contributed by atoms with E-state index in [2.05, 4.69) is 120 Å². The molecule has 2 aromatic heterocycles. The Morgan fingerprint density at radius 2 is 1.18 bits per heavy atom. The minimum Gasteiger partial charge on any atom is -0.509 e. The summed E-state index contributed by atoms with van der Waals surface area (Å²) >= 11 is 0. The van der Waals surface area contributed by atoms with Crippen LogP contribution >= 0.6 is 0 Å². The van der Waals surface area contributed by atoms with Crippen molar-refractivity contribution in [3.05, 3.63) is 247 Å². The van der Waals surface area contributed by atoms with Gasteiger partial charge in [-0.3, -0.25) is 0 Å². The van der Waals surface area contributed by atoms with Crippen LogP contribution in [0.3, 0.4) is 0 Å². The Labute approximate surface area is 516 Å². The summed E-state index contributed by atoms with van der Waals surface area (Å²) in [6, 6.07) is 45.6. The zero-order valence-corrected chi connectivity index (χ0v) is 50.0. The molecular weight excluding hydrogens is 1180 g/mol. The van der Waals surface area contributed by atoms with Gasteiger partial charge in [-0.1, -0.05) is 208 Å². The fourth-order valence-electron chi connectivity index (χ4n) is 11.6. The van der Waals surface area contributed by atoms with Gasteiger partial charge in [-0.05, 0) is 126 Å². The van der Waals surface area contributed by atoms with Crippen molar-refractivity contribution in [2.45, 2.75) is 104 Å². The Bertz CT molecular complexity index is 4910. The fraction of sp³-hybridized carbons (Fsp3) is 0.211. The van der Waals surface area contributed by atoms with Crippen LogP contribution in [0.25, 0.3) is 72.1 Å². The van der Waals surface area contributed by atoms with Gasteiger partial charge in [-0.2, -0.15) is 12.1 Å². The average molecular weight is 1260 g/mol. The van der Waals surface area contributed by atoms with Crippen LogP contribution in [0.4, 0.5) is 22.7 Å². The molecule has 0 radical (unpaired) electrons. The Morgan fingerprint density at radius 3 is 1.90 bits per heavy atom. The fourth-order valence-corrected chi connectivity index (χ4v) is 11.6. The van der Waals surface area contributed by atoms with E-state index >= 15 is 0 Å². The summed E-state index contributed by atoms with van der Waals surface area (Å²) in [5, 5.41) is 0.674. The number of ether oxygens (including phenoxy) is 1. The molecule has 1 aliphatic heterocycles. The van der Waals surface area contributed by atoms with E-state index in [1.54, 1.807) is 28.8 Å². The zero-order valence-electron chi connectivity index (χ0n) is 59.7. The molecule has 1 aliphatic carbocycles. The van der Waals surface area contributed by atoms with Crippen molar-refractivity contribution < 1.29 is 42.3 Å². The Hall–Kier alpha value is -7.98. The van der Waals surface area contributed by atoms with E-state index in [-0.39, 0.29) is 96.8 Å². The number of para-hydroxylation sites is 3. The van der Waals surface area contributed by atoms with Gasteiger partial charge < -0.3 is 19.1 Å². The molecule has 0 atom stereocenters. The molecule has 0 bridgehead atoms. The van der Waals surface area contributed by atoms with Crippen LogP contribution in [0.15, 0.2) is 206 Å². The van der Waals surface area contributed by atoms with Crippen LogP contribution in [0.1, 0.15) is 121 Å². The molecule has 0 fully saturated rings. The van der Waals surface area contributed by atoms with Crippen molar-refractivity contribution in [2.75, 3.05) is 9.80 Å². The van der Waals surface area contributed by atoms with Crippen LogP contribution < -0.4 is 14.5 Å². The van der Waals surface area contributed by atoms with Crippen molar-refractivity contribution >= 4 is 44.6 Å². The van der Waals surface area contributed by atoms with Gasteiger partial charge >= 0.3 is 0 Å². The van der Waals surface area contributed by atoms with Gasteiger partial charge in [0.15, 0.2) is 0 Å².